The number of hydrogen-bond acceptors (Lipinski definition) is 5. The number of halogens is 1. The molecule has 0 radical (unpaired) electrons. The molecule has 4 rings (SSSR count). The number of pyridine rings is 1. The molecule has 0 bridgehead atoms. The Morgan fingerprint density at radius 2 is 1.88 bits per heavy atom. The fourth-order valence-corrected chi connectivity index (χ4v) is 4.19. The fraction of sp³-hybridized carbons (Fsp3) is 0.391. The molecule has 2 amide bonds. The minimum Gasteiger partial charge on any atom is -0.381 e. The molecule has 3 aromatic rings. The first-order valence-electron chi connectivity index (χ1n) is 10.9. The summed E-state index contributed by atoms with van der Waals surface area (Å²) in [5, 5.41) is 11.6. The van der Waals surface area contributed by atoms with Gasteiger partial charge in [-0.3, -0.25) is 9.59 Å². The van der Waals surface area contributed by atoms with E-state index >= 15 is 0 Å². The lowest BCUT2D eigenvalue weighted by atomic mass is 9.85. The number of nitrogens with two attached hydrogens (primary N) is 1. The summed E-state index contributed by atoms with van der Waals surface area (Å²) in [6, 6.07) is 6.12. The maximum Gasteiger partial charge on any atom is 0.255 e. The number of carbonyl (C=O) groups excluding carboxylic acids is 2. The molecule has 2 heterocycles. The zero-order chi connectivity index (χ0) is 22.7. The van der Waals surface area contributed by atoms with Crippen LogP contribution in [0, 0.1) is 11.7 Å². The van der Waals surface area contributed by atoms with E-state index in [9.17, 15) is 14.0 Å². The van der Waals surface area contributed by atoms with Crippen molar-refractivity contribution in [3.05, 3.63) is 53.6 Å². The molecule has 1 aliphatic carbocycles. The Kier molecular flexibility index (Phi) is 6.34. The number of amides is 2. The molecular weight excluding hydrogens is 411 g/mol. The van der Waals surface area contributed by atoms with Crippen LogP contribution in [0.5, 0.6) is 0 Å². The molecule has 1 aliphatic rings. The lowest BCUT2D eigenvalue weighted by Crippen LogP contribution is -2.33. The molecule has 8 nitrogen and oxygen atoms in total. The van der Waals surface area contributed by atoms with Crippen LogP contribution >= 0.6 is 0 Å². The van der Waals surface area contributed by atoms with E-state index in [0.29, 0.717) is 23.4 Å². The van der Waals surface area contributed by atoms with Crippen LogP contribution in [0.3, 0.4) is 0 Å². The second kappa shape index (κ2) is 9.33. The molecule has 0 saturated heterocycles. The van der Waals surface area contributed by atoms with E-state index in [1.807, 2.05) is 6.92 Å². The van der Waals surface area contributed by atoms with Gasteiger partial charge in [0.25, 0.3) is 5.91 Å². The van der Waals surface area contributed by atoms with Gasteiger partial charge < -0.3 is 16.4 Å². The fourth-order valence-electron chi connectivity index (χ4n) is 4.19. The molecule has 2 aromatic heterocycles. The van der Waals surface area contributed by atoms with Crippen LogP contribution < -0.4 is 16.4 Å². The number of fused-ring (bicyclic) bond motifs is 1. The van der Waals surface area contributed by atoms with Crippen molar-refractivity contribution in [1.82, 2.24) is 20.1 Å². The summed E-state index contributed by atoms with van der Waals surface area (Å²) in [6.07, 6.45) is 6.31. The standard InChI is InChI=1S/C23H27FN6O2/c1-2-30-22-18(13-28-30)20(29-17-9-5-15(6-10-17)21(25)31)19(12-26-22)23(32)27-11-14-3-7-16(24)8-4-14/h3-4,7-8,12-13,15,17H,2,5-6,9-11H2,1H3,(H2,25,31)(H,26,29)(H,27,32). The monoisotopic (exact) mass is 438 g/mol. The van der Waals surface area contributed by atoms with Crippen molar-refractivity contribution < 1.29 is 14.0 Å². The van der Waals surface area contributed by atoms with Gasteiger partial charge in [0.05, 0.1) is 22.8 Å². The first kappa shape index (κ1) is 21.7. The van der Waals surface area contributed by atoms with Crippen LogP contribution in [-0.2, 0) is 17.9 Å². The summed E-state index contributed by atoms with van der Waals surface area (Å²) in [7, 11) is 0. The van der Waals surface area contributed by atoms with Crippen molar-refractivity contribution in [2.75, 3.05) is 5.32 Å². The summed E-state index contributed by atoms with van der Waals surface area (Å²) < 4.78 is 14.9. The highest BCUT2D eigenvalue weighted by molar-refractivity contribution is 6.06. The Morgan fingerprint density at radius 3 is 2.53 bits per heavy atom. The molecule has 1 saturated carbocycles. The molecular formula is C23H27FN6O2. The van der Waals surface area contributed by atoms with Crippen LogP contribution in [0.15, 0.2) is 36.7 Å². The van der Waals surface area contributed by atoms with Crippen molar-refractivity contribution in [1.29, 1.82) is 0 Å². The molecule has 0 aliphatic heterocycles. The Balaban J connectivity index is 1.58. The van der Waals surface area contributed by atoms with E-state index < -0.39 is 0 Å². The minimum absolute atomic E-state index is 0.0909. The Labute approximate surface area is 185 Å². The number of benzene rings is 1. The second-order valence-corrected chi connectivity index (χ2v) is 8.15. The van der Waals surface area contributed by atoms with Crippen LogP contribution in [0.25, 0.3) is 11.0 Å². The van der Waals surface area contributed by atoms with E-state index in [1.54, 1.807) is 29.2 Å². The van der Waals surface area contributed by atoms with Gasteiger partial charge in [-0.2, -0.15) is 5.10 Å². The number of primary amides is 1. The first-order chi connectivity index (χ1) is 15.5. The van der Waals surface area contributed by atoms with Gasteiger partial charge in [0.2, 0.25) is 5.91 Å². The summed E-state index contributed by atoms with van der Waals surface area (Å²) in [5.41, 5.74) is 8.07. The third-order valence-electron chi connectivity index (χ3n) is 6.05. The topological polar surface area (TPSA) is 115 Å². The number of hydrogen-bond donors (Lipinski definition) is 3. The smallest absolute Gasteiger partial charge is 0.255 e. The Morgan fingerprint density at radius 1 is 1.16 bits per heavy atom. The number of nitrogens with one attached hydrogen (secondary N) is 2. The van der Waals surface area contributed by atoms with Gasteiger partial charge in [-0.1, -0.05) is 12.1 Å². The van der Waals surface area contributed by atoms with Crippen molar-refractivity contribution in [3.8, 4) is 0 Å². The zero-order valence-corrected chi connectivity index (χ0v) is 18.0. The second-order valence-electron chi connectivity index (χ2n) is 8.15. The average molecular weight is 439 g/mol. The van der Waals surface area contributed by atoms with E-state index in [4.69, 9.17) is 5.73 Å². The predicted octanol–water partition coefficient (Wildman–Crippen LogP) is 2.98. The van der Waals surface area contributed by atoms with E-state index in [1.165, 1.54) is 12.1 Å². The molecule has 0 unspecified atom stereocenters. The third-order valence-corrected chi connectivity index (χ3v) is 6.05. The molecule has 1 fully saturated rings. The van der Waals surface area contributed by atoms with Gasteiger partial charge in [0.15, 0.2) is 5.65 Å². The molecule has 1 aromatic carbocycles. The zero-order valence-electron chi connectivity index (χ0n) is 18.0. The summed E-state index contributed by atoms with van der Waals surface area (Å²) in [6.45, 7) is 2.92. The van der Waals surface area contributed by atoms with Gasteiger partial charge in [0, 0.05) is 31.2 Å². The van der Waals surface area contributed by atoms with E-state index in [0.717, 1.165) is 36.6 Å². The van der Waals surface area contributed by atoms with E-state index in [2.05, 4.69) is 20.7 Å². The molecule has 4 N–H and O–H groups in total. The van der Waals surface area contributed by atoms with Gasteiger partial charge in [-0.15, -0.1) is 0 Å². The molecule has 168 valence electrons. The summed E-state index contributed by atoms with van der Waals surface area (Å²) in [4.78, 5) is 29.0. The van der Waals surface area contributed by atoms with Crippen molar-refractivity contribution in [2.24, 2.45) is 11.7 Å². The van der Waals surface area contributed by atoms with Gasteiger partial charge >= 0.3 is 0 Å². The van der Waals surface area contributed by atoms with Gasteiger partial charge in [-0.05, 0) is 50.3 Å². The number of nitrogens with zero attached hydrogens (tertiary/aromatic N) is 3. The SMILES string of the molecule is CCn1ncc2c(NC3CCC(C(N)=O)CC3)c(C(=O)NCc3ccc(F)cc3)cnc21. The Bertz CT molecular complexity index is 1120. The number of rotatable bonds is 7. The average Bonchev–Trinajstić information content (AvgIpc) is 3.23. The summed E-state index contributed by atoms with van der Waals surface area (Å²) >= 11 is 0. The lowest BCUT2D eigenvalue weighted by molar-refractivity contribution is -0.122. The lowest BCUT2D eigenvalue weighted by Gasteiger charge is -2.29. The maximum atomic E-state index is 13.1. The van der Waals surface area contributed by atoms with Crippen molar-refractivity contribution in [3.63, 3.8) is 0 Å². The summed E-state index contributed by atoms with van der Waals surface area (Å²) in [5.74, 6) is -0.937. The van der Waals surface area contributed by atoms with Crippen LogP contribution in [0.1, 0.15) is 48.5 Å². The van der Waals surface area contributed by atoms with Crippen molar-refractivity contribution >= 4 is 28.5 Å². The highest BCUT2D eigenvalue weighted by Crippen LogP contribution is 2.31. The quantitative estimate of drug-likeness (QED) is 0.525. The van der Waals surface area contributed by atoms with Crippen molar-refractivity contribution in [2.45, 2.75) is 51.7 Å². The predicted molar refractivity (Wildman–Crippen MR) is 119 cm³/mol. The van der Waals surface area contributed by atoms with Crippen LogP contribution in [-0.4, -0.2) is 32.6 Å². The number of aryl methyl sites for hydroxylation is 1. The number of aromatic nitrogens is 3. The molecule has 0 spiro atoms. The molecule has 32 heavy (non-hydrogen) atoms. The van der Waals surface area contributed by atoms with Crippen LogP contribution in [0.2, 0.25) is 0 Å². The van der Waals surface area contributed by atoms with Crippen LogP contribution in [0.4, 0.5) is 10.1 Å². The minimum atomic E-state index is -0.319. The largest absolute Gasteiger partial charge is 0.381 e. The number of anilines is 1. The third kappa shape index (κ3) is 4.56. The van der Waals surface area contributed by atoms with Gasteiger partial charge in [0.1, 0.15) is 5.82 Å². The maximum absolute atomic E-state index is 13.1. The highest BCUT2D eigenvalue weighted by Gasteiger charge is 2.27. The first-order valence-corrected chi connectivity index (χ1v) is 10.9. The van der Waals surface area contributed by atoms with Gasteiger partial charge in [-0.25, -0.2) is 14.1 Å². The normalized spacial score (nSPS) is 18.4. The highest BCUT2D eigenvalue weighted by atomic mass is 19.1. The molecule has 0 atom stereocenters. The van der Waals surface area contributed by atoms with E-state index in [-0.39, 0.29) is 36.1 Å². The Hall–Kier alpha value is -3.49. The molecule has 9 heteroatoms. The number of carbonyl (C=O) groups is 2.